The van der Waals surface area contributed by atoms with Crippen molar-refractivity contribution < 1.29 is 19.3 Å². The van der Waals surface area contributed by atoms with Gasteiger partial charge in [0.1, 0.15) is 11.5 Å². The van der Waals surface area contributed by atoms with Crippen molar-refractivity contribution in [1.29, 1.82) is 0 Å². The van der Waals surface area contributed by atoms with E-state index in [1.54, 1.807) is 12.1 Å². The maximum atomic E-state index is 13.8. The van der Waals surface area contributed by atoms with Crippen LogP contribution < -0.4 is 31.8 Å². The van der Waals surface area contributed by atoms with Gasteiger partial charge in [0.2, 0.25) is 0 Å². The highest BCUT2D eigenvalue weighted by Crippen LogP contribution is 2.45. The predicted octanol–water partition coefficient (Wildman–Crippen LogP) is 11.7. The molecule has 0 amide bonds. The molecule has 0 spiro atoms. The van der Waals surface area contributed by atoms with E-state index in [2.05, 4.69) is 0 Å². The number of rotatable bonds is 7. The average molecular weight is 843 g/mol. The molecule has 62 heavy (non-hydrogen) atoms. The summed E-state index contributed by atoms with van der Waals surface area (Å²) < 4.78 is 27.6. The summed E-state index contributed by atoms with van der Waals surface area (Å²) in [6, 6.07) is 81.2. The second kappa shape index (κ2) is 19.0. The Kier molecular flexibility index (Phi) is 12.7. The minimum Gasteiger partial charge on any atom is -0.507 e. The van der Waals surface area contributed by atoms with E-state index in [9.17, 15) is 19.3 Å². The van der Waals surface area contributed by atoms with Crippen LogP contribution in [-0.4, -0.2) is 10.2 Å². The average Bonchev–Trinajstić information content (AvgIpc) is 3.36. The first-order valence-electron chi connectivity index (χ1n) is 20.3. The van der Waals surface area contributed by atoms with Gasteiger partial charge in [0.25, 0.3) is 0 Å². The van der Waals surface area contributed by atoms with Crippen molar-refractivity contribution in [1.82, 2.24) is 0 Å². The van der Waals surface area contributed by atoms with Crippen molar-refractivity contribution in [3.63, 3.8) is 0 Å². The van der Waals surface area contributed by atoms with Crippen molar-refractivity contribution in [3.05, 3.63) is 255 Å². The molecule has 0 radical (unpaired) electrons. The van der Waals surface area contributed by atoms with Gasteiger partial charge >= 0.3 is 0 Å². The molecule has 0 saturated heterocycles. The van der Waals surface area contributed by atoms with Crippen molar-refractivity contribution in [2.75, 3.05) is 0 Å². The fraction of sp³-hybridized carbons (Fsp3) is 0. The highest BCUT2D eigenvalue weighted by molar-refractivity contribution is 7.85. The van der Waals surface area contributed by atoms with Crippen LogP contribution in [0.4, 0.5) is 0 Å². The van der Waals surface area contributed by atoms with Crippen molar-refractivity contribution >= 4 is 67.7 Å². The third kappa shape index (κ3) is 8.53. The fourth-order valence-electron chi connectivity index (χ4n) is 7.77. The van der Waals surface area contributed by atoms with Gasteiger partial charge in [-0.05, 0) is 33.7 Å². The molecule has 0 bridgehead atoms. The number of phenols is 2. The molecule has 0 unspecified atom stereocenters. The van der Waals surface area contributed by atoms with Gasteiger partial charge in [0.05, 0.1) is 0 Å². The molecule has 0 heterocycles. The number of phenolic OH excluding ortho intramolecular Hbond substituents is 2. The van der Waals surface area contributed by atoms with Crippen LogP contribution in [0, 0.1) is 0 Å². The van der Waals surface area contributed by atoms with Gasteiger partial charge in [-0.2, -0.15) is 0 Å². The number of fused-ring (bicyclic) bond motifs is 2. The van der Waals surface area contributed by atoms with Crippen LogP contribution in [-0.2, 0) is 9.13 Å². The summed E-state index contributed by atoms with van der Waals surface area (Å²) in [5, 5.41) is 30.0. The highest BCUT2D eigenvalue weighted by atomic mass is 31.2. The molecule has 6 heteroatoms. The third-order valence-corrected chi connectivity index (χ3v) is 16.9. The zero-order valence-electron chi connectivity index (χ0n) is 33.9. The van der Waals surface area contributed by atoms with Gasteiger partial charge in [-0.15, -0.1) is 0 Å². The van der Waals surface area contributed by atoms with Crippen molar-refractivity contribution in [2.24, 2.45) is 0 Å². The Labute approximate surface area is 362 Å². The molecule has 0 aliphatic carbocycles. The second-order valence-electron chi connectivity index (χ2n) is 14.6. The molecule has 302 valence electrons. The summed E-state index contributed by atoms with van der Waals surface area (Å²) in [7, 11) is -5.55. The second-order valence-corrected chi connectivity index (χ2v) is 20.1. The number of hydrogen-bond donors (Lipinski definition) is 2. The van der Waals surface area contributed by atoms with Crippen LogP contribution in [0.15, 0.2) is 255 Å². The van der Waals surface area contributed by atoms with E-state index < -0.39 is 14.3 Å². The van der Waals surface area contributed by atoms with E-state index in [0.717, 1.165) is 53.4 Å². The molecule has 0 aromatic heterocycles. The lowest BCUT2D eigenvalue weighted by molar-refractivity contribution is 0.470. The molecule has 10 aromatic rings. The standard InChI is InChI=1S/C20H14O2.2C18H15OP/c21-17-11-9-13-5-1-3-7-15(13)19(17)20-16-8-4-2-6-14(16)10-12-18(20)22;2*19-20(16-10-4-1-5-11-16,17-12-6-2-7-13-17)18-14-8-3-9-15-18/h1-12,21-22H;2*1-15H. The summed E-state index contributed by atoms with van der Waals surface area (Å²) in [5.41, 5.74) is 1.35. The molecule has 10 aromatic carbocycles. The Morgan fingerprint density at radius 2 is 0.452 bits per heavy atom. The highest BCUT2D eigenvalue weighted by Gasteiger charge is 2.30. The van der Waals surface area contributed by atoms with Crippen LogP contribution in [0.1, 0.15) is 0 Å². The van der Waals surface area contributed by atoms with E-state index in [0.29, 0.717) is 11.1 Å². The molecule has 0 aliphatic heterocycles. The molecule has 10 rings (SSSR count). The zero-order valence-corrected chi connectivity index (χ0v) is 35.6. The van der Waals surface area contributed by atoms with Crippen LogP contribution in [0.5, 0.6) is 11.5 Å². The Balaban J connectivity index is 0.000000128. The fourth-order valence-corrected chi connectivity index (χ4v) is 13.1. The smallest absolute Gasteiger partial charge is 0.171 e. The van der Waals surface area contributed by atoms with Gasteiger partial charge < -0.3 is 19.3 Å². The van der Waals surface area contributed by atoms with E-state index >= 15 is 0 Å². The van der Waals surface area contributed by atoms with Gasteiger partial charge in [-0.1, -0.05) is 243 Å². The van der Waals surface area contributed by atoms with Gasteiger partial charge in [-0.3, -0.25) is 0 Å². The summed E-state index contributed by atoms with van der Waals surface area (Å²) in [6.45, 7) is 0. The molecular formula is C56H44O4P2. The van der Waals surface area contributed by atoms with Crippen LogP contribution in [0.2, 0.25) is 0 Å². The van der Waals surface area contributed by atoms with Crippen molar-refractivity contribution in [2.45, 2.75) is 0 Å². The van der Waals surface area contributed by atoms with E-state index in [4.69, 9.17) is 0 Å². The maximum Gasteiger partial charge on any atom is 0.171 e. The topological polar surface area (TPSA) is 74.6 Å². The molecule has 4 nitrogen and oxygen atoms in total. The Morgan fingerprint density at radius 1 is 0.242 bits per heavy atom. The number of benzene rings is 10. The lowest BCUT2D eigenvalue weighted by atomic mass is 9.92. The number of hydrogen-bond acceptors (Lipinski definition) is 4. The lowest BCUT2D eigenvalue weighted by Gasteiger charge is -2.19. The van der Waals surface area contributed by atoms with Crippen LogP contribution in [0.25, 0.3) is 32.7 Å². The minimum absolute atomic E-state index is 0.172. The molecule has 0 saturated carbocycles. The minimum atomic E-state index is -2.78. The quantitative estimate of drug-likeness (QED) is 0.157. The molecular weight excluding hydrogens is 799 g/mol. The molecule has 0 atom stereocenters. The van der Waals surface area contributed by atoms with E-state index in [1.165, 1.54) is 0 Å². The predicted molar refractivity (Wildman–Crippen MR) is 262 cm³/mol. The Hall–Kier alpha value is -7.22. The Morgan fingerprint density at radius 3 is 0.694 bits per heavy atom. The van der Waals surface area contributed by atoms with Crippen LogP contribution in [0.3, 0.4) is 0 Å². The van der Waals surface area contributed by atoms with Gasteiger partial charge in [-0.25, -0.2) is 0 Å². The summed E-state index contributed by atoms with van der Waals surface area (Å²) >= 11 is 0. The zero-order chi connectivity index (χ0) is 42.8. The summed E-state index contributed by atoms with van der Waals surface area (Å²) in [6.07, 6.45) is 0. The Bertz CT molecular complexity index is 2700. The largest absolute Gasteiger partial charge is 0.507 e. The maximum absolute atomic E-state index is 13.8. The normalized spacial score (nSPS) is 11.2. The van der Waals surface area contributed by atoms with Crippen LogP contribution >= 0.6 is 14.3 Å². The van der Waals surface area contributed by atoms with Gasteiger partial charge in [0, 0.05) is 43.0 Å². The molecule has 2 N–H and O–H groups in total. The monoisotopic (exact) mass is 842 g/mol. The third-order valence-electron chi connectivity index (χ3n) is 10.8. The van der Waals surface area contributed by atoms with E-state index in [-0.39, 0.29) is 11.5 Å². The summed E-state index contributed by atoms with van der Waals surface area (Å²) in [5.74, 6) is 0.343. The van der Waals surface area contributed by atoms with Gasteiger partial charge in [0.15, 0.2) is 14.3 Å². The van der Waals surface area contributed by atoms with Crippen molar-refractivity contribution in [3.8, 4) is 22.6 Å². The molecule has 0 aliphatic rings. The van der Waals surface area contributed by atoms with E-state index in [1.807, 2.05) is 243 Å². The first-order chi connectivity index (χ1) is 30.4. The molecule has 0 fully saturated rings. The summed E-state index contributed by atoms with van der Waals surface area (Å²) in [4.78, 5) is 0. The first kappa shape index (κ1) is 41.5. The first-order valence-corrected chi connectivity index (χ1v) is 23.8. The SMILES string of the molecule is O=P(c1ccccc1)(c1ccccc1)c1ccccc1.O=P(c1ccccc1)(c1ccccc1)c1ccccc1.Oc1ccc2ccccc2c1-c1c(O)ccc2ccccc12. The lowest BCUT2D eigenvalue weighted by Crippen LogP contribution is -2.24. The number of aromatic hydroxyl groups is 2.